The Kier molecular flexibility index (Phi) is 3.83. The van der Waals surface area contributed by atoms with Crippen molar-refractivity contribution in [3.05, 3.63) is 34.1 Å². The third-order valence-electron chi connectivity index (χ3n) is 5.23. The van der Waals surface area contributed by atoms with Crippen LogP contribution in [0, 0.1) is 21.3 Å². The van der Waals surface area contributed by atoms with Gasteiger partial charge in [-0.3, -0.25) is 10.1 Å². The van der Waals surface area contributed by atoms with E-state index in [0.717, 1.165) is 18.9 Å². The molecule has 1 aromatic carbocycles. The highest BCUT2D eigenvalue weighted by Crippen LogP contribution is 2.49. The average molecular weight is 292 g/mol. The molecule has 0 aromatic heterocycles. The van der Waals surface area contributed by atoms with Crippen molar-refractivity contribution in [2.75, 3.05) is 5.32 Å². The molecule has 0 amide bonds. The number of nitro benzene ring substituents is 1. The fraction of sp³-hybridized carbons (Fsp3) is 0.625. The van der Waals surface area contributed by atoms with Crippen LogP contribution in [0.3, 0.4) is 0 Å². The molecule has 21 heavy (non-hydrogen) atoms. The SMILES string of the molecule is O=[N+]([O-])c1cc(F)ccc1NC1CCC2(CCCC2)CC1. The maximum Gasteiger partial charge on any atom is 0.295 e. The van der Waals surface area contributed by atoms with Gasteiger partial charge in [0, 0.05) is 6.04 Å². The Morgan fingerprint density at radius 2 is 1.86 bits per heavy atom. The Balaban J connectivity index is 1.66. The van der Waals surface area contributed by atoms with Gasteiger partial charge in [-0.15, -0.1) is 0 Å². The highest BCUT2D eigenvalue weighted by molar-refractivity contribution is 5.61. The van der Waals surface area contributed by atoms with Crippen molar-refractivity contribution in [3.63, 3.8) is 0 Å². The second-order valence-electron chi connectivity index (χ2n) is 6.54. The first-order valence-electron chi connectivity index (χ1n) is 7.79. The molecular formula is C16H21FN2O2. The van der Waals surface area contributed by atoms with Crippen LogP contribution in [-0.2, 0) is 0 Å². The molecule has 0 aliphatic heterocycles. The molecule has 0 bridgehead atoms. The number of halogens is 1. The van der Waals surface area contributed by atoms with E-state index in [-0.39, 0.29) is 11.7 Å². The lowest BCUT2D eigenvalue weighted by Gasteiger charge is -2.37. The van der Waals surface area contributed by atoms with Crippen LogP contribution < -0.4 is 5.32 Å². The largest absolute Gasteiger partial charge is 0.377 e. The van der Waals surface area contributed by atoms with Crippen molar-refractivity contribution in [1.29, 1.82) is 0 Å². The molecule has 1 aromatic rings. The molecule has 114 valence electrons. The maximum absolute atomic E-state index is 13.2. The molecular weight excluding hydrogens is 271 g/mol. The zero-order valence-corrected chi connectivity index (χ0v) is 12.1. The van der Waals surface area contributed by atoms with Gasteiger partial charge in [-0.1, -0.05) is 12.8 Å². The minimum Gasteiger partial charge on any atom is -0.377 e. The Morgan fingerprint density at radius 3 is 2.48 bits per heavy atom. The number of nitrogens with zero attached hydrogens (tertiary/aromatic N) is 1. The van der Waals surface area contributed by atoms with E-state index in [1.54, 1.807) is 0 Å². The number of anilines is 1. The second kappa shape index (κ2) is 5.62. The van der Waals surface area contributed by atoms with E-state index in [9.17, 15) is 14.5 Å². The lowest BCUT2D eigenvalue weighted by molar-refractivity contribution is -0.384. The fourth-order valence-electron chi connectivity index (χ4n) is 4.00. The lowest BCUT2D eigenvalue weighted by Crippen LogP contribution is -2.31. The monoisotopic (exact) mass is 292 g/mol. The molecule has 2 aliphatic carbocycles. The van der Waals surface area contributed by atoms with Crippen molar-refractivity contribution in [2.45, 2.75) is 57.4 Å². The normalized spacial score (nSPS) is 21.6. The van der Waals surface area contributed by atoms with Crippen LogP contribution in [0.25, 0.3) is 0 Å². The number of nitro groups is 1. The Labute approximate surface area is 123 Å². The number of benzene rings is 1. The number of hydrogen-bond donors (Lipinski definition) is 1. The van der Waals surface area contributed by atoms with E-state index in [1.165, 1.54) is 50.7 Å². The van der Waals surface area contributed by atoms with E-state index in [2.05, 4.69) is 5.32 Å². The van der Waals surface area contributed by atoms with Crippen molar-refractivity contribution < 1.29 is 9.31 Å². The zero-order valence-electron chi connectivity index (χ0n) is 12.1. The Hall–Kier alpha value is -1.65. The first-order chi connectivity index (χ1) is 10.1. The van der Waals surface area contributed by atoms with Gasteiger partial charge in [-0.25, -0.2) is 4.39 Å². The summed E-state index contributed by atoms with van der Waals surface area (Å²) in [6.45, 7) is 0. The van der Waals surface area contributed by atoms with Crippen molar-refractivity contribution >= 4 is 11.4 Å². The van der Waals surface area contributed by atoms with Crippen LogP contribution in [0.1, 0.15) is 51.4 Å². The fourth-order valence-corrected chi connectivity index (χ4v) is 4.00. The van der Waals surface area contributed by atoms with Crippen LogP contribution in [0.4, 0.5) is 15.8 Å². The lowest BCUT2D eigenvalue weighted by atomic mass is 9.71. The number of rotatable bonds is 3. The molecule has 0 heterocycles. The minimum absolute atomic E-state index is 0.170. The first-order valence-corrected chi connectivity index (χ1v) is 7.79. The van der Waals surface area contributed by atoms with Crippen LogP contribution in [0.2, 0.25) is 0 Å². The highest BCUT2D eigenvalue weighted by Gasteiger charge is 2.37. The summed E-state index contributed by atoms with van der Waals surface area (Å²) in [5.41, 5.74) is 0.817. The summed E-state index contributed by atoms with van der Waals surface area (Å²) in [6.07, 6.45) is 9.90. The predicted molar refractivity (Wildman–Crippen MR) is 79.8 cm³/mol. The number of hydrogen-bond acceptors (Lipinski definition) is 3. The third-order valence-corrected chi connectivity index (χ3v) is 5.23. The molecule has 1 spiro atoms. The van der Waals surface area contributed by atoms with E-state index in [0.29, 0.717) is 11.1 Å². The summed E-state index contributed by atoms with van der Waals surface area (Å²) < 4.78 is 13.2. The average Bonchev–Trinajstić information content (AvgIpc) is 2.92. The molecule has 3 rings (SSSR count). The van der Waals surface area contributed by atoms with Gasteiger partial charge in [0.15, 0.2) is 0 Å². The van der Waals surface area contributed by atoms with Gasteiger partial charge in [0.1, 0.15) is 11.5 Å². The Morgan fingerprint density at radius 1 is 1.19 bits per heavy atom. The summed E-state index contributed by atoms with van der Waals surface area (Å²) in [5, 5.41) is 14.3. The summed E-state index contributed by atoms with van der Waals surface area (Å²) in [5.74, 6) is -0.569. The molecule has 2 fully saturated rings. The predicted octanol–water partition coefficient (Wildman–Crippen LogP) is 4.65. The minimum atomic E-state index is -0.569. The van der Waals surface area contributed by atoms with Gasteiger partial charge in [0.05, 0.1) is 11.0 Å². The van der Waals surface area contributed by atoms with Crippen molar-refractivity contribution in [1.82, 2.24) is 0 Å². The van der Waals surface area contributed by atoms with Crippen molar-refractivity contribution in [3.8, 4) is 0 Å². The molecule has 1 N–H and O–H groups in total. The van der Waals surface area contributed by atoms with Gasteiger partial charge in [0.25, 0.3) is 5.69 Å². The second-order valence-corrected chi connectivity index (χ2v) is 6.54. The highest BCUT2D eigenvalue weighted by atomic mass is 19.1. The first kappa shape index (κ1) is 14.3. The van der Waals surface area contributed by atoms with Gasteiger partial charge in [-0.2, -0.15) is 0 Å². The third kappa shape index (κ3) is 3.01. The van der Waals surface area contributed by atoms with Crippen LogP contribution in [0.5, 0.6) is 0 Å². The van der Waals surface area contributed by atoms with Gasteiger partial charge >= 0.3 is 0 Å². The van der Waals surface area contributed by atoms with Crippen LogP contribution in [0.15, 0.2) is 18.2 Å². The topological polar surface area (TPSA) is 55.2 Å². The molecule has 4 nitrogen and oxygen atoms in total. The molecule has 0 saturated heterocycles. The van der Waals surface area contributed by atoms with Crippen LogP contribution in [-0.4, -0.2) is 11.0 Å². The summed E-state index contributed by atoms with van der Waals surface area (Å²) in [6, 6.07) is 4.01. The van der Waals surface area contributed by atoms with Gasteiger partial charge < -0.3 is 5.32 Å². The summed E-state index contributed by atoms with van der Waals surface area (Å²) in [4.78, 5) is 10.5. The molecule has 0 unspecified atom stereocenters. The summed E-state index contributed by atoms with van der Waals surface area (Å²) >= 11 is 0. The van der Waals surface area contributed by atoms with Gasteiger partial charge in [0.2, 0.25) is 0 Å². The smallest absolute Gasteiger partial charge is 0.295 e. The van der Waals surface area contributed by atoms with Crippen LogP contribution >= 0.6 is 0 Å². The van der Waals surface area contributed by atoms with E-state index < -0.39 is 10.7 Å². The standard InChI is InChI=1S/C16H21FN2O2/c17-12-3-4-14(15(11-12)19(20)21)18-13-5-9-16(10-6-13)7-1-2-8-16/h3-4,11,13,18H,1-2,5-10H2. The molecule has 2 saturated carbocycles. The maximum atomic E-state index is 13.2. The molecule has 0 atom stereocenters. The molecule has 0 radical (unpaired) electrons. The number of nitrogens with one attached hydrogen (secondary N) is 1. The van der Waals surface area contributed by atoms with E-state index >= 15 is 0 Å². The van der Waals surface area contributed by atoms with Crippen molar-refractivity contribution in [2.24, 2.45) is 5.41 Å². The van der Waals surface area contributed by atoms with E-state index in [1.807, 2.05) is 0 Å². The quantitative estimate of drug-likeness (QED) is 0.651. The van der Waals surface area contributed by atoms with Gasteiger partial charge in [-0.05, 0) is 56.1 Å². The zero-order chi connectivity index (χ0) is 14.9. The summed E-state index contributed by atoms with van der Waals surface area (Å²) in [7, 11) is 0. The Bertz CT molecular complexity index is 531. The molecule has 2 aliphatic rings. The van der Waals surface area contributed by atoms with E-state index in [4.69, 9.17) is 0 Å². The molecule has 5 heteroatoms.